The normalized spacial score (nSPS) is 11.2. The molecule has 0 aromatic heterocycles. The third-order valence-electron chi connectivity index (χ3n) is 4.57. The van der Waals surface area contributed by atoms with Gasteiger partial charge in [0.05, 0.1) is 0 Å². The predicted octanol–water partition coefficient (Wildman–Crippen LogP) is 2.69. The second kappa shape index (κ2) is 12.2. The molecular formula is C23H29N3O5. The fourth-order valence-electron chi connectivity index (χ4n) is 2.84. The number of para-hydroxylation sites is 1. The first-order chi connectivity index (χ1) is 15.0. The van der Waals surface area contributed by atoms with Gasteiger partial charge < -0.3 is 14.4 Å². The number of carbonyl (C=O) groups is 3. The number of benzene rings is 2. The Kier molecular flexibility index (Phi) is 9.35. The van der Waals surface area contributed by atoms with E-state index >= 15 is 0 Å². The van der Waals surface area contributed by atoms with Crippen LogP contribution in [0.5, 0.6) is 5.75 Å². The van der Waals surface area contributed by atoms with E-state index in [2.05, 4.69) is 29.6 Å². The monoisotopic (exact) mass is 427 g/mol. The van der Waals surface area contributed by atoms with Crippen LogP contribution in [-0.2, 0) is 14.3 Å². The minimum absolute atomic E-state index is 0.384. The van der Waals surface area contributed by atoms with E-state index in [1.54, 1.807) is 43.3 Å². The Morgan fingerprint density at radius 3 is 2.13 bits per heavy atom. The highest BCUT2D eigenvalue weighted by atomic mass is 16.6. The van der Waals surface area contributed by atoms with Crippen molar-refractivity contribution in [2.75, 3.05) is 24.6 Å². The van der Waals surface area contributed by atoms with E-state index in [1.807, 2.05) is 18.2 Å². The maximum Gasteiger partial charge on any atom is 0.347 e. The van der Waals surface area contributed by atoms with E-state index in [0.717, 1.165) is 18.8 Å². The molecule has 0 spiro atoms. The van der Waals surface area contributed by atoms with Crippen molar-refractivity contribution in [1.29, 1.82) is 0 Å². The second-order valence-corrected chi connectivity index (χ2v) is 6.66. The van der Waals surface area contributed by atoms with Gasteiger partial charge in [-0.2, -0.15) is 0 Å². The van der Waals surface area contributed by atoms with Gasteiger partial charge in [0.25, 0.3) is 11.8 Å². The lowest BCUT2D eigenvalue weighted by molar-refractivity contribution is -0.155. The van der Waals surface area contributed by atoms with Crippen molar-refractivity contribution in [2.45, 2.75) is 33.3 Å². The molecule has 0 heterocycles. The van der Waals surface area contributed by atoms with Crippen molar-refractivity contribution in [3.05, 3.63) is 60.2 Å². The first kappa shape index (κ1) is 23.7. The van der Waals surface area contributed by atoms with Crippen LogP contribution in [0.1, 0.15) is 37.6 Å². The second-order valence-electron chi connectivity index (χ2n) is 6.66. The summed E-state index contributed by atoms with van der Waals surface area (Å²) in [4.78, 5) is 38.4. The molecule has 0 aliphatic rings. The summed E-state index contributed by atoms with van der Waals surface area (Å²) >= 11 is 0. The molecule has 8 heteroatoms. The number of amides is 2. The van der Waals surface area contributed by atoms with Gasteiger partial charge in [-0.25, -0.2) is 4.79 Å². The molecule has 0 bridgehead atoms. The Labute approximate surface area is 182 Å². The Balaban J connectivity index is 1.77. The predicted molar refractivity (Wildman–Crippen MR) is 118 cm³/mol. The zero-order valence-corrected chi connectivity index (χ0v) is 18.1. The standard InChI is InChI=1S/C23H29N3O5/c1-4-20(31-19-10-8-7-9-11-19)23(29)30-16-21(27)24-25-22(28)17-12-14-18(15-13-17)26(5-2)6-3/h7-15,20H,4-6,16H2,1-3H3,(H,24,27)(H,25,28)/t20-/m0/s1. The summed E-state index contributed by atoms with van der Waals surface area (Å²) in [7, 11) is 0. The molecule has 0 radical (unpaired) electrons. The quantitative estimate of drug-likeness (QED) is 0.447. The largest absolute Gasteiger partial charge is 0.479 e. The minimum Gasteiger partial charge on any atom is -0.479 e. The smallest absolute Gasteiger partial charge is 0.347 e. The van der Waals surface area contributed by atoms with E-state index in [4.69, 9.17) is 9.47 Å². The molecular weight excluding hydrogens is 398 g/mol. The molecule has 2 amide bonds. The molecule has 2 rings (SSSR count). The lowest BCUT2D eigenvalue weighted by atomic mass is 10.2. The average molecular weight is 428 g/mol. The lowest BCUT2D eigenvalue weighted by Crippen LogP contribution is -2.44. The van der Waals surface area contributed by atoms with Gasteiger partial charge in [0.15, 0.2) is 12.7 Å². The van der Waals surface area contributed by atoms with Gasteiger partial charge in [-0.3, -0.25) is 20.4 Å². The lowest BCUT2D eigenvalue weighted by Gasteiger charge is -2.21. The van der Waals surface area contributed by atoms with Gasteiger partial charge in [-0.1, -0.05) is 25.1 Å². The van der Waals surface area contributed by atoms with E-state index in [9.17, 15) is 14.4 Å². The van der Waals surface area contributed by atoms with Crippen LogP contribution in [0, 0.1) is 0 Å². The number of hydrogen-bond acceptors (Lipinski definition) is 6. The number of rotatable bonds is 10. The fourth-order valence-corrected chi connectivity index (χ4v) is 2.84. The number of carbonyl (C=O) groups excluding carboxylic acids is 3. The van der Waals surface area contributed by atoms with E-state index in [0.29, 0.717) is 17.7 Å². The molecule has 2 aromatic carbocycles. The number of nitrogens with one attached hydrogen (secondary N) is 2. The van der Waals surface area contributed by atoms with Gasteiger partial charge >= 0.3 is 5.97 Å². The van der Waals surface area contributed by atoms with Crippen molar-refractivity contribution in [3.63, 3.8) is 0 Å². The number of hydrazine groups is 1. The highest BCUT2D eigenvalue weighted by molar-refractivity contribution is 5.95. The zero-order valence-electron chi connectivity index (χ0n) is 18.1. The van der Waals surface area contributed by atoms with Crippen molar-refractivity contribution in [2.24, 2.45) is 0 Å². The van der Waals surface area contributed by atoms with Crippen LogP contribution in [0.2, 0.25) is 0 Å². The molecule has 0 unspecified atom stereocenters. The highest BCUT2D eigenvalue weighted by Crippen LogP contribution is 2.15. The van der Waals surface area contributed by atoms with Crippen LogP contribution in [0.4, 0.5) is 5.69 Å². The number of anilines is 1. The summed E-state index contributed by atoms with van der Waals surface area (Å²) in [5.41, 5.74) is 5.96. The third-order valence-corrected chi connectivity index (χ3v) is 4.57. The van der Waals surface area contributed by atoms with E-state index in [1.165, 1.54) is 0 Å². The van der Waals surface area contributed by atoms with Crippen LogP contribution >= 0.6 is 0 Å². The Morgan fingerprint density at radius 2 is 1.55 bits per heavy atom. The van der Waals surface area contributed by atoms with Crippen molar-refractivity contribution >= 4 is 23.5 Å². The minimum atomic E-state index is -0.825. The first-order valence-electron chi connectivity index (χ1n) is 10.3. The van der Waals surface area contributed by atoms with E-state index in [-0.39, 0.29) is 0 Å². The Morgan fingerprint density at radius 1 is 0.903 bits per heavy atom. The highest BCUT2D eigenvalue weighted by Gasteiger charge is 2.21. The Bertz CT molecular complexity index is 851. The Hall–Kier alpha value is -3.55. The number of esters is 1. The molecule has 0 saturated carbocycles. The van der Waals surface area contributed by atoms with E-state index < -0.39 is 30.5 Å². The molecule has 0 saturated heterocycles. The van der Waals surface area contributed by atoms with Crippen LogP contribution in [0.15, 0.2) is 54.6 Å². The van der Waals surface area contributed by atoms with Crippen LogP contribution in [0.25, 0.3) is 0 Å². The summed E-state index contributed by atoms with van der Waals surface area (Å²) in [5, 5.41) is 0. The van der Waals surface area contributed by atoms with Gasteiger partial charge in [0.1, 0.15) is 5.75 Å². The average Bonchev–Trinajstić information content (AvgIpc) is 2.81. The fraction of sp³-hybridized carbons (Fsp3) is 0.348. The van der Waals surface area contributed by atoms with Crippen molar-refractivity contribution in [1.82, 2.24) is 10.9 Å². The molecule has 0 fully saturated rings. The summed E-state index contributed by atoms with van der Waals surface area (Å²) in [5.74, 6) is -1.24. The van der Waals surface area contributed by atoms with Gasteiger partial charge in [0.2, 0.25) is 0 Å². The first-order valence-corrected chi connectivity index (χ1v) is 10.3. The summed E-state index contributed by atoms with van der Waals surface area (Å²) in [6, 6.07) is 15.9. The van der Waals surface area contributed by atoms with Gasteiger partial charge in [-0.05, 0) is 56.7 Å². The van der Waals surface area contributed by atoms with Crippen LogP contribution in [-0.4, -0.2) is 43.6 Å². The van der Waals surface area contributed by atoms with Gasteiger partial charge in [-0.15, -0.1) is 0 Å². The molecule has 1 atom stereocenters. The SMILES string of the molecule is CC[C@H](Oc1ccccc1)C(=O)OCC(=O)NNC(=O)c1ccc(N(CC)CC)cc1. The molecule has 31 heavy (non-hydrogen) atoms. The topological polar surface area (TPSA) is 97.0 Å². The maximum atomic E-state index is 12.2. The van der Waals surface area contributed by atoms with Crippen LogP contribution < -0.4 is 20.5 Å². The van der Waals surface area contributed by atoms with Crippen molar-refractivity contribution in [3.8, 4) is 5.75 Å². The molecule has 0 aliphatic carbocycles. The molecule has 8 nitrogen and oxygen atoms in total. The number of nitrogens with zero attached hydrogens (tertiary/aromatic N) is 1. The third kappa shape index (κ3) is 7.33. The molecule has 0 aliphatic heterocycles. The molecule has 2 aromatic rings. The molecule has 2 N–H and O–H groups in total. The van der Waals surface area contributed by atoms with Gasteiger partial charge in [0, 0.05) is 24.3 Å². The summed E-state index contributed by atoms with van der Waals surface area (Å²) < 4.78 is 10.6. The summed E-state index contributed by atoms with van der Waals surface area (Å²) in [6.07, 6.45) is -0.440. The number of hydrogen-bond donors (Lipinski definition) is 2. The maximum absolute atomic E-state index is 12.2. The number of ether oxygens (including phenoxy) is 2. The van der Waals surface area contributed by atoms with Crippen molar-refractivity contribution < 1.29 is 23.9 Å². The zero-order chi connectivity index (χ0) is 22.6. The summed E-state index contributed by atoms with van der Waals surface area (Å²) in [6.45, 7) is 7.10. The molecule has 166 valence electrons. The van der Waals surface area contributed by atoms with Crippen LogP contribution in [0.3, 0.4) is 0 Å².